The van der Waals surface area contributed by atoms with Crippen molar-refractivity contribution in [3.05, 3.63) is 72.3 Å². The number of para-hydroxylation sites is 3. The number of ether oxygens (including phenoxy) is 1. The van der Waals surface area contributed by atoms with Gasteiger partial charge in [0, 0.05) is 21.9 Å². The van der Waals surface area contributed by atoms with Gasteiger partial charge in [0.2, 0.25) is 10.0 Å². The van der Waals surface area contributed by atoms with Crippen molar-refractivity contribution < 1.29 is 18.3 Å². The van der Waals surface area contributed by atoms with E-state index in [-0.39, 0.29) is 12.1 Å². The van der Waals surface area contributed by atoms with Crippen LogP contribution in [-0.2, 0) is 15.7 Å². The Morgan fingerprint density at radius 3 is 2.55 bits per heavy atom. The number of H-pyrrole nitrogens is 1. The monoisotopic (exact) mass is 439 g/mol. The maximum absolute atomic E-state index is 11.6. The van der Waals surface area contributed by atoms with Gasteiger partial charge in [0.15, 0.2) is 0 Å². The molecule has 3 aromatic carbocycles. The van der Waals surface area contributed by atoms with Gasteiger partial charge < -0.3 is 14.8 Å². The fourth-order valence-corrected chi connectivity index (χ4v) is 4.35. The van der Waals surface area contributed by atoms with Crippen LogP contribution in [0.15, 0.2) is 66.7 Å². The molecule has 0 aliphatic heterocycles. The summed E-state index contributed by atoms with van der Waals surface area (Å²) in [6, 6.07) is 20.5. The van der Waals surface area contributed by atoms with Crippen LogP contribution in [0.2, 0.25) is 0 Å². The molecule has 0 saturated carbocycles. The minimum Gasteiger partial charge on any atom is -0.491 e. The van der Waals surface area contributed by atoms with Crippen molar-refractivity contribution in [2.45, 2.75) is 18.6 Å². The predicted molar refractivity (Wildman–Crippen MR) is 124 cm³/mol. The van der Waals surface area contributed by atoms with E-state index in [2.05, 4.69) is 15.8 Å². The fourth-order valence-electron chi connectivity index (χ4n) is 3.77. The van der Waals surface area contributed by atoms with E-state index in [0.29, 0.717) is 18.6 Å². The first-order valence-electron chi connectivity index (χ1n) is 9.95. The Balaban J connectivity index is 1.46. The first-order valence-corrected chi connectivity index (χ1v) is 11.8. The summed E-state index contributed by atoms with van der Waals surface area (Å²) in [6.07, 6.45) is 1.72. The van der Waals surface area contributed by atoms with Gasteiger partial charge in [0.05, 0.1) is 24.1 Å². The molecular formula is C23H25N3O4S. The summed E-state index contributed by atoms with van der Waals surface area (Å²) in [4.78, 5) is 3.39. The van der Waals surface area contributed by atoms with Crippen LogP contribution in [0.4, 0.5) is 5.69 Å². The summed E-state index contributed by atoms with van der Waals surface area (Å²) in [7, 11) is -3.50. The number of benzene rings is 3. The van der Waals surface area contributed by atoms with Gasteiger partial charge in [-0.3, -0.25) is 10.5 Å². The zero-order valence-corrected chi connectivity index (χ0v) is 17.9. The van der Waals surface area contributed by atoms with Crippen LogP contribution in [-0.4, -0.2) is 31.4 Å². The molecule has 1 atom stereocenters. The average molecular weight is 440 g/mol. The lowest BCUT2D eigenvalue weighted by atomic mass is 9.97. The van der Waals surface area contributed by atoms with Gasteiger partial charge in [0.1, 0.15) is 11.5 Å². The fraction of sp³-hybridized carbons (Fsp3) is 0.217. The van der Waals surface area contributed by atoms with E-state index >= 15 is 0 Å². The van der Waals surface area contributed by atoms with Crippen molar-refractivity contribution in [3.63, 3.8) is 0 Å². The van der Waals surface area contributed by atoms with E-state index in [1.165, 1.54) is 0 Å². The smallest absolute Gasteiger partial charge is 0.229 e. The number of rotatable bonds is 8. The number of nitrogens with one attached hydrogen (secondary N) is 2. The maximum atomic E-state index is 11.6. The van der Waals surface area contributed by atoms with Gasteiger partial charge in [-0.1, -0.05) is 48.5 Å². The molecule has 7 nitrogen and oxygen atoms in total. The Labute approximate surface area is 180 Å². The molecule has 1 heterocycles. The molecule has 0 radical (unpaired) electrons. The summed E-state index contributed by atoms with van der Waals surface area (Å²) in [6.45, 7) is 0.343. The van der Waals surface area contributed by atoms with Gasteiger partial charge in [-0.2, -0.15) is 0 Å². The van der Waals surface area contributed by atoms with E-state index in [1.807, 2.05) is 36.4 Å². The molecule has 5 N–H and O–H groups in total. The molecule has 0 bridgehead atoms. The number of aliphatic hydroxyl groups is 1. The summed E-state index contributed by atoms with van der Waals surface area (Å²) in [5, 5.41) is 13.0. The van der Waals surface area contributed by atoms with Crippen LogP contribution < -0.4 is 15.2 Å². The van der Waals surface area contributed by atoms with Crippen LogP contribution in [0.25, 0.3) is 21.8 Å². The lowest BCUT2D eigenvalue weighted by Crippen LogP contribution is -2.37. The SMILES string of the molecule is CS(=O)(=O)Nc1ccccc1C(N)(O)CCCOc1cccc2c1[nH]c1ccccc12. The van der Waals surface area contributed by atoms with Crippen molar-refractivity contribution in [3.8, 4) is 5.75 Å². The topological polar surface area (TPSA) is 117 Å². The second-order valence-corrected chi connectivity index (χ2v) is 9.39. The summed E-state index contributed by atoms with van der Waals surface area (Å²) < 4.78 is 31.6. The molecule has 0 aliphatic rings. The van der Waals surface area contributed by atoms with Crippen LogP contribution in [0.5, 0.6) is 5.75 Å². The third-order valence-corrected chi connectivity index (χ3v) is 5.74. The molecule has 0 fully saturated rings. The van der Waals surface area contributed by atoms with Gasteiger partial charge in [-0.05, 0) is 31.0 Å². The Bertz CT molecular complexity index is 1330. The first kappa shape index (κ1) is 21.2. The zero-order chi connectivity index (χ0) is 22.1. The highest BCUT2D eigenvalue weighted by Gasteiger charge is 2.27. The minimum absolute atomic E-state index is 0.193. The number of hydrogen-bond donors (Lipinski definition) is 4. The highest BCUT2D eigenvalue weighted by atomic mass is 32.2. The van der Waals surface area contributed by atoms with E-state index in [9.17, 15) is 13.5 Å². The molecule has 8 heteroatoms. The molecule has 1 aromatic heterocycles. The Morgan fingerprint density at radius 2 is 1.74 bits per heavy atom. The van der Waals surface area contributed by atoms with E-state index < -0.39 is 15.7 Å². The lowest BCUT2D eigenvalue weighted by molar-refractivity contribution is 0.0292. The van der Waals surface area contributed by atoms with Crippen molar-refractivity contribution in [2.75, 3.05) is 17.6 Å². The molecule has 31 heavy (non-hydrogen) atoms. The number of nitrogens with two attached hydrogens (primary N) is 1. The molecule has 4 rings (SSSR count). The Kier molecular flexibility index (Phi) is 5.62. The van der Waals surface area contributed by atoms with Gasteiger partial charge >= 0.3 is 0 Å². The molecule has 0 saturated heterocycles. The van der Waals surface area contributed by atoms with Crippen LogP contribution in [0.1, 0.15) is 18.4 Å². The van der Waals surface area contributed by atoms with E-state index in [1.54, 1.807) is 24.3 Å². The Morgan fingerprint density at radius 1 is 1.03 bits per heavy atom. The number of anilines is 1. The van der Waals surface area contributed by atoms with Gasteiger partial charge in [-0.25, -0.2) is 8.42 Å². The van der Waals surface area contributed by atoms with Crippen LogP contribution >= 0.6 is 0 Å². The first-order chi connectivity index (χ1) is 14.7. The number of sulfonamides is 1. The molecule has 162 valence electrons. The summed E-state index contributed by atoms with van der Waals surface area (Å²) in [5.74, 6) is 0.730. The molecule has 1 unspecified atom stereocenters. The largest absolute Gasteiger partial charge is 0.491 e. The maximum Gasteiger partial charge on any atom is 0.229 e. The minimum atomic E-state index is -3.50. The average Bonchev–Trinajstić information content (AvgIpc) is 3.10. The Hall–Kier alpha value is -3.07. The third-order valence-electron chi connectivity index (χ3n) is 5.15. The number of fused-ring (bicyclic) bond motifs is 3. The summed E-state index contributed by atoms with van der Waals surface area (Å²) in [5.41, 5.74) is 6.98. The zero-order valence-electron chi connectivity index (χ0n) is 17.1. The van der Waals surface area contributed by atoms with Crippen LogP contribution in [0.3, 0.4) is 0 Å². The highest BCUT2D eigenvalue weighted by molar-refractivity contribution is 7.92. The molecular weight excluding hydrogens is 414 g/mol. The molecule has 0 amide bonds. The highest BCUT2D eigenvalue weighted by Crippen LogP contribution is 2.32. The molecule has 0 spiro atoms. The van der Waals surface area contributed by atoms with Crippen LogP contribution in [0, 0.1) is 0 Å². The predicted octanol–water partition coefficient (Wildman–Crippen LogP) is 3.66. The number of aromatic nitrogens is 1. The van der Waals surface area contributed by atoms with Gasteiger partial charge in [0.25, 0.3) is 0 Å². The second kappa shape index (κ2) is 8.22. The van der Waals surface area contributed by atoms with Crippen molar-refractivity contribution in [1.82, 2.24) is 4.98 Å². The van der Waals surface area contributed by atoms with Crippen molar-refractivity contribution in [2.24, 2.45) is 5.73 Å². The second-order valence-electron chi connectivity index (χ2n) is 7.65. The van der Waals surface area contributed by atoms with E-state index in [4.69, 9.17) is 10.5 Å². The molecule has 4 aromatic rings. The lowest BCUT2D eigenvalue weighted by Gasteiger charge is -2.26. The summed E-state index contributed by atoms with van der Waals surface area (Å²) >= 11 is 0. The quantitative estimate of drug-likeness (QED) is 0.247. The van der Waals surface area contributed by atoms with Crippen molar-refractivity contribution >= 4 is 37.5 Å². The van der Waals surface area contributed by atoms with Crippen molar-refractivity contribution in [1.29, 1.82) is 0 Å². The van der Waals surface area contributed by atoms with Gasteiger partial charge in [-0.15, -0.1) is 0 Å². The number of aromatic amines is 1. The third kappa shape index (κ3) is 4.66. The molecule has 0 aliphatic carbocycles. The normalized spacial score (nSPS) is 13.9. The standard InChI is InChI=1S/C23H25N3O4S/c1-31(28,29)26-20-12-5-3-10-18(20)23(24,27)14-7-15-30-21-13-6-9-17-16-8-2-4-11-19(16)25-22(17)21/h2-6,8-13,25-27H,7,14-15,24H2,1H3. The number of hydrogen-bond acceptors (Lipinski definition) is 5. The van der Waals surface area contributed by atoms with E-state index in [0.717, 1.165) is 33.8 Å².